The summed E-state index contributed by atoms with van der Waals surface area (Å²) < 4.78 is 0. The monoisotopic (exact) mass is 345 g/mol. The fourth-order valence-electron chi connectivity index (χ4n) is 3.39. The van der Waals surface area contributed by atoms with Gasteiger partial charge in [-0.25, -0.2) is 4.98 Å². The van der Waals surface area contributed by atoms with E-state index in [1.807, 2.05) is 60.7 Å². The molecule has 0 atom stereocenters. The Balaban J connectivity index is 2.15. The van der Waals surface area contributed by atoms with Crippen molar-refractivity contribution in [2.75, 3.05) is 0 Å². The van der Waals surface area contributed by atoms with Gasteiger partial charge in [0, 0.05) is 5.02 Å². The van der Waals surface area contributed by atoms with E-state index >= 15 is 0 Å². The van der Waals surface area contributed by atoms with Crippen LogP contribution in [0.4, 0.5) is 0 Å². The molecule has 3 nitrogen and oxygen atoms in total. The van der Waals surface area contributed by atoms with E-state index in [9.17, 15) is 0 Å². The van der Waals surface area contributed by atoms with Crippen LogP contribution in [0.5, 0.6) is 0 Å². The molecule has 4 rings (SSSR count). The number of H-pyrrole nitrogens is 1. The molecule has 3 aromatic carbocycles. The lowest BCUT2D eigenvalue weighted by Gasteiger charge is -2.33. The first-order chi connectivity index (χ1) is 12.3. The van der Waals surface area contributed by atoms with Crippen molar-refractivity contribution in [3.8, 4) is 0 Å². The summed E-state index contributed by atoms with van der Waals surface area (Å²) in [5.74, 6) is 0.665. The fraction of sp³-hybridized carbons (Fsp3) is 0.0476. The van der Waals surface area contributed by atoms with Crippen LogP contribution < -0.4 is 0 Å². The molecule has 0 bridgehead atoms. The maximum atomic E-state index is 6.66. The summed E-state index contributed by atoms with van der Waals surface area (Å²) in [4.78, 5) is 4.53. The van der Waals surface area contributed by atoms with Gasteiger partial charge in [0.25, 0.3) is 0 Å². The zero-order valence-electron chi connectivity index (χ0n) is 13.4. The van der Waals surface area contributed by atoms with Crippen LogP contribution in [-0.4, -0.2) is 15.2 Å². The SMILES string of the molecule is Clc1ccccc1C(c1ccccc1)(c1ccccc1)c1nc[nH]n1. The quantitative estimate of drug-likeness (QED) is 0.538. The van der Waals surface area contributed by atoms with Gasteiger partial charge in [-0.1, -0.05) is 90.5 Å². The summed E-state index contributed by atoms with van der Waals surface area (Å²) in [6.45, 7) is 0. The minimum absolute atomic E-state index is 0.665. The molecular formula is C21H16ClN3. The predicted octanol–water partition coefficient (Wildman–Crippen LogP) is 4.84. The van der Waals surface area contributed by atoms with Gasteiger partial charge in [-0.2, -0.15) is 5.10 Å². The van der Waals surface area contributed by atoms with Crippen LogP contribution in [0, 0.1) is 0 Å². The van der Waals surface area contributed by atoms with Gasteiger partial charge in [-0.3, -0.25) is 5.10 Å². The zero-order valence-corrected chi connectivity index (χ0v) is 14.2. The minimum Gasteiger partial charge on any atom is -0.266 e. The maximum Gasteiger partial charge on any atom is 0.169 e. The standard InChI is InChI=1S/C21H16ClN3/c22-19-14-8-7-13-18(19)21(20-23-15-24-25-20,16-9-3-1-4-10-16)17-11-5-2-6-12-17/h1-15H,(H,23,24,25). The van der Waals surface area contributed by atoms with E-state index < -0.39 is 5.41 Å². The second-order valence-corrected chi connectivity index (χ2v) is 6.19. The molecule has 0 saturated carbocycles. The average molecular weight is 346 g/mol. The van der Waals surface area contributed by atoms with Gasteiger partial charge in [0.1, 0.15) is 11.7 Å². The molecule has 0 saturated heterocycles. The van der Waals surface area contributed by atoms with E-state index in [1.165, 1.54) is 0 Å². The molecule has 4 heteroatoms. The number of aromatic nitrogens is 3. The third-order valence-corrected chi connectivity index (χ3v) is 4.77. The second kappa shape index (κ2) is 6.54. The van der Waals surface area contributed by atoms with Crippen LogP contribution in [0.1, 0.15) is 22.5 Å². The summed E-state index contributed by atoms with van der Waals surface area (Å²) in [7, 11) is 0. The molecule has 0 spiro atoms. The predicted molar refractivity (Wildman–Crippen MR) is 99.7 cm³/mol. The third kappa shape index (κ3) is 2.53. The van der Waals surface area contributed by atoms with Crippen LogP contribution in [0.25, 0.3) is 0 Å². The summed E-state index contributed by atoms with van der Waals surface area (Å²) in [5, 5.41) is 8.00. The topological polar surface area (TPSA) is 41.6 Å². The Labute approximate surface area is 151 Å². The lowest BCUT2D eigenvalue weighted by atomic mass is 9.69. The van der Waals surface area contributed by atoms with E-state index in [0.29, 0.717) is 10.8 Å². The van der Waals surface area contributed by atoms with Crippen molar-refractivity contribution < 1.29 is 0 Å². The van der Waals surface area contributed by atoms with E-state index in [4.69, 9.17) is 11.6 Å². The Morgan fingerprint density at radius 2 is 1.28 bits per heavy atom. The highest BCUT2D eigenvalue weighted by Crippen LogP contribution is 2.45. The fourth-order valence-corrected chi connectivity index (χ4v) is 3.66. The largest absolute Gasteiger partial charge is 0.266 e. The normalized spacial score (nSPS) is 11.4. The summed E-state index contributed by atoms with van der Waals surface area (Å²) >= 11 is 6.66. The van der Waals surface area contributed by atoms with Gasteiger partial charge in [0.05, 0.1) is 0 Å². The van der Waals surface area contributed by atoms with Crippen LogP contribution >= 0.6 is 11.6 Å². The van der Waals surface area contributed by atoms with Gasteiger partial charge in [0.2, 0.25) is 0 Å². The van der Waals surface area contributed by atoms with E-state index in [0.717, 1.165) is 16.7 Å². The van der Waals surface area contributed by atoms with Crippen molar-refractivity contribution in [2.45, 2.75) is 5.41 Å². The highest BCUT2D eigenvalue weighted by atomic mass is 35.5. The van der Waals surface area contributed by atoms with E-state index in [-0.39, 0.29) is 0 Å². The van der Waals surface area contributed by atoms with Crippen molar-refractivity contribution >= 4 is 11.6 Å². The van der Waals surface area contributed by atoms with Crippen molar-refractivity contribution in [2.24, 2.45) is 0 Å². The molecule has 0 aliphatic carbocycles. The Bertz CT molecular complexity index is 911. The zero-order chi connectivity index (χ0) is 17.1. The molecule has 1 aromatic heterocycles. The highest BCUT2D eigenvalue weighted by molar-refractivity contribution is 6.31. The first-order valence-electron chi connectivity index (χ1n) is 8.06. The number of benzene rings is 3. The molecule has 0 aliphatic heterocycles. The molecule has 1 heterocycles. The molecule has 0 aliphatic rings. The molecular weight excluding hydrogens is 330 g/mol. The summed E-state index contributed by atoms with van der Waals surface area (Å²) in [6, 6.07) is 28.3. The number of rotatable bonds is 4. The Kier molecular flexibility index (Phi) is 4.08. The molecule has 122 valence electrons. The first kappa shape index (κ1) is 15.6. The Morgan fingerprint density at radius 1 is 0.720 bits per heavy atom. The summed E-state index contributed by atoms with van der Waals surface area (Å²) in [6.07, 6.45) is 1.60. The maximum absolute atomic E-state index is 6.66. The lowest BCUT2D eigenvalue weighted by Crippen LogP contribution is -2.32. The molecule has 1 N–H and O–H groups in total. The van der Waals surface area contributed by atoms with Crippen LogP contribution in [0.2, 0.25) is 5.02 Å². The van der Waals surface area contributed by atoms with Crippen molar-refractivity contribution in [1.82, 2.24) is 15.2 Å². The molecule has 0 unspecified atom stereocenters. The number of aromatic amines is 1. The van der Waals surface area contributed by atoms with Gasteiger partial charge in [0.15, 0.2) is 5.82 Å². The smallest absolute Gasteiger partial charge is 0.169 e. The second-order valence-electron chi connectivity index (χ2n) is 5.78. The molecule has 0 radical (unpaired) electrons. The van der Waals surface area contributed by atoms with E-state index in [2.05, 4.69) is 39.4 Å². The van der Waals surface area contributed by atoms with Crippen LogP contribution in [0.15, 0.2) is 91.3 Å². The molecule has 0 amide bonds. The molecule has 4 aromatic rings. The first-order valence-corrected chi connectivity index (χ1v) is 8.43. The van der Waals surface area contributed by atoms with Crippen LogP contribution in [0.3, 0.4) is 0 Å². The average Bonchev–Trinajstić information content (AvgIpc) is 3.21. The Hall–Kier alpha value is -2.91. The lowest BCUT2D eigenvalue weighted by molar-refractivity contribution is 0.684. The molecule has 25 heavy (non-hydrogen) atoms. The van der Waals surface area contributed by atoms with Gasteiger partial charge in [-0.15, -0.1) is 0 Å². The van der Waals surface area contributed by atoms with Crippen molar-refractivity contribution in [3.05, 3.63) is 119 Å². The number of halogens is 1. The van der Waals surface area contributed by atoms with Gasteiger partial charge in [-0.05, 0) is 22.8 Å². The number of hydrogen-bond acceptors (Lipinski definition) is 2. The van der Waals surface area contributed by atoms with Crippen molar-refractivity contribution in [3.63, 3.8) is 0 Å². The number of hydrogen-bond donors (Lipinski definition) is 1. The highest BCUT2D eigenvalue weighted by Gasteiger charge is 2.42. The van der Waals surface area contributed by atoms with Gasteiger partial charge < -0.3 is 0 Å². The van der Waals surface area contributed by atoms with E-state index in [1.54, 1.807) is 6.33 Å². The minimum atomic E-state index is -0.694. The van der Waals surface area contributed by atoms with Crippen molar-refractivity contribution in [1.29, 1.82) is 0 Å². The van der Waals surface area contributed by atoms with Crippen LogP contribution in [-0.2, 0) is 5.41 Å². The Morgan fingerprint density at radius 3 is 1.80 bits per heavy atom. The third-order valence-electron chi connectivity index (χ3n) is 4.44. The summed E-state index contributed by atoms with van der Waals surface area (Å²) in [5.41, 5.74) is 2.39. The molecule has 0 fully saturated rings. The number of nitrogens with zero attached hydrogens (tertiary/aromatic N) is 2. The number of nitrogens with one attached hydrogen (secondary N) is 1. The van der Waals surface area contributed by atoms with Gasteiger partial charge >= 0.3 is 0 Å².